The van der Waals surface area contributed by atoms with Crippen LogP contribution in [0, 0.1) is 5.82 Å². The van der Waals surface area contributed by atoms with E-state index in [-0.39, 0.29) is 5.82 Å². The minimum Gasteiger partial charge on any atom is -0.368 e. The lowest BCUT2D eigenvalue weighted by Crippen LogP contribution is -2.35. The summed E-state index contributed by atoms with van der Waals surface area (Å²) in [7, 11) is 0. The number of hydrogen-bond acceptors (Lipinski definition) is 3. The number of anilines is 1. The SMILES string of the molecule is CC.CC(C)N1CCCN(c2cc(CN)ccc2F)CC1. The van der Waals surface area contributed by atoms with E-state index in [1.54, 1.807) is 6.07 Å². The lowest BCUT2D eigenvalue weighted by molar-refractivity contribution is 0.238. The lowest BCUT2D eigenvalue weighted by Gasteiger charge is -2.26. The van der Waals surface area contributed by atoms with Crippen molar-refractivity contribution < 1.29 is 4.39 Å². The molecular weight excluding hydrogens is 265 g/mol. The molecule has 21 heavy (non-hydrogen) atoms. The van der Waals surface area contributed by atoms with Crippen LogP contribution in [0.1, 0.15) is 39.7 Å². The summed E-state index contributed by atoms with van der Waals surface area (Å²) in [4.78, 5) is 4.60. The van der Waals surface area contributed by atoms with Crippen LogP contribution in [-0.4, -0.2) is 37.1 Å². The number of halogens is 1. The van der Waals surface area contributed by atoms with Gasteiger partial charge in [-0.05, 0) is 38.0 Å². The van der Waals surface area contributed by atoms with Gasteiger partial charge >= 0.3 is 0 Å². The molecule has 1 heterocycles. The third-order valence-electron chi connectivity index (χ3n) is 3.85. The van der Waals surface area contributed by atoms with Gasteiger partial charge in [-0.25, -0.2) is 4.39 Å². The predicted molar refractivity (Wildman–Crippen MR) is 89.2 cm³/mol. The Hall–Kier alpha value is -1.13. The zero-order valence-electron chi connectivity index (χ0n) is 13.9. The minimum absolute atomic E-state index is 0.143. The van der Waals surface area contributed by atoms with Crippen LogP contribution in [0.3, 0.4) is 0 Å². The molecule has 3 nitrogen and oxygen atoms in total. The normalized spacial score (nSPS) is 16.4. The van der Waals surface area contributed by atoms with Gasteiger partial charge in [0, 0.05) is 38.8 Å². The molecule has 1 fully saturated rings. The second-order valence-corrected chi connectivity index (χ2v) is 5.46. The van der Waals surface area contributed by atoms with Gasteiger partial charge in [-0.3, -0.25) is 4.90 Å². The van der Waals surface area contributed by atoms with Gasteiger partial charge in [0.05, 0.1) is 5.69 Å². The highest BCUT2D eigenvalue weighted by Gasteiger charge is 2.19. The summed E-state index contributed by atoms with van der Waals surface area (Å²) < 4.78 is 14.0. The first-order valence-corrected chi connectivity index (χ1v) is 8.09. The highest BCUT2D eigenvalue weighted by atomic mass is 19.1. The van der Waals surface area contributed by atoms with Crippen molar-refractivity contribution in [2.75, 3.05) is 31.1 Å². The van der Waals surface area contributed by atoms with E-state index < -0.39 is 0 Å². The second kappa shape index (κ2) is 9.00. The van der Waals surface area contributed by atoms with E-state index in [4.69, 9.17) is 5.73 Å². The topological polar surface area (TPSA) is 32.5 Å². The Bertz CT molecular complexity index is 420. The fourth-order valence-corrected chi connectivity index (χ4v) is 2.62. The van der Waals surface area contributed by atoms with Crippen molar-refractivity contribution >= 4 is 5.69 Å². The van der Waals surface area contributed by atoms with Crippen LogP contribution >= 0.6 is 0 Å². The van der Waals surface area contributed by atoms with Gasteiger partial charge in [0.2, 0.25) is 0 Å². The largest absolute Gasteiger partial charge is 0.368 e. The van der Waals surface area contributed by atoms with Gasteiger partial charge in [0.15, 0.2) is 0 Å². The van der Waals surface area contributed by atoms with E-state index in [1.807, 2.05) is 19.9 Å². The summed E-state index contributed by atoms with van der Waals surface area (Å²) in [5.74, 6) is -0.143. The molecule has 0 aliphatic carbocycles. The van der Waals surface area contributed by atoms with Gasteiger partial charge < -0.3 is 10.6 Å². The van der Waals surface area contributed by atoms with Crippen LogP contribution in [-0.2, 0) is 6.54 Å². The highest BCUT2D eigenvalue weighted by molar-refractivity contribution is 5.50. The molecule has 2 rings (SSSR count). The van der Waals surface area contributed by atoms with E-state index in [1.165, 1.54) is 6.07 Å². The van der Waals surface area contributed by atoms with Crippen molar-refractivity contribution in [3.05, 3.63) is 29.6 Å². The van der Waals surface area contributed by atoms with Crippen molar-refractivity contribution in [3.63, 3.8) is 0 Å². The first-order chi connectivity index (χ1) is 10.1. The molecule has 0 atom stereocenters. The maximum absolute atomic E-state index is 14.0. The molecule has 0 bridgehead atoms. The predicted octanol–water partition coefficient (Wildman–Crippen LogP) is 3.23. The zero-order valence-corrected chi connectivity index (χ0v) is 13.9. The molecular formula is C17H30FN3. The Morgan fingerprint density at radius 2 is 1.86 bits per heavy atom. The molecule has 0 unspecified atom stereocenters. The van der Waals surface area contributed by atoms with Gasteiger partial charge in [0.25, 0.3) is 0 Å². The zero-order chi connectivity index (χ0) is 15.8. The maximum Gasteiger partial charge on any atom is 0.146 e. The lowest BCUT2D eigenvalue weighted by atomic mass is 10.1. The number of nitrogens with zero attached hydrogens (tertiary/aromatic N) is 2. The van der Waals surface area contributed by atoms with Crippen molar-refractivity contribution in [2.24, 2.45) is 5.73 Å². The van der Waals surface area contributed by atoms with E-state index in [2.05, 4.69) is 23.6 Å². The summed E-state index contributed by atoms with van der Waals surface area (Å²) in [5.41, 5.74) is 7.33. The Morgan fingerprint density at radius 3 is 2.48 bits per heavy atom. The smallest absolute Gasteiger partial charge is 0.146 e. The molecule has 0 spiro atoms. The van der Waals surface area contributed by atoms with Crippen LogP contribution in [0.15, 0.2) is 18.2 Å². The molecule has 0 aromatic heterocycles. The summed E-state index contributed by atoms with van der Waals surface area (Å²) in [5, 5.41) is 0. The molecule has 1 aromatic carbocycles. The van der Waals surface area contributed by atoms with Gasteiger partial charge in [0.1, 0.15) is 5.82 Å². The Morgan fingerprint density at radius 1 is 1.14 bits per heavy atom. The number of benzene rings is 1. The second-order valence-electron chi connectivity index (χ2n) is 5.46. The van der Waals surface area contributed by atoms with E-state index in [0.29, 0.717) is 18.3 Å². The molecule has 0 saturated carbocycles. The van der Waals surface area contributed by atoms with Crippen LogP contribution in [0.5, 0.6) is 0 Å². The molecule has 0 amide bonds. The van der Waals surface area contributed by atoms with E-state index >= 15 is 0 Å². The molecule has 1 aromatic rings. The van der Waals surface area contributed by atoms with Crippen LogP contribution in [0.2, 0.25) is 0 Å². The van der Waals surface area contributed by atoms with Crippen LogP contribution in [0.25, 0.3) is 0 Å². The molecule has 1 saturated heterocycles. The monoisotopic (exact) mass is 295 g/mol. The van der Waals surface area contributed by atoms with Crippen molar-refractivity contribution in [2.45, 2.75) is 46.7 Å². The summed E-state index contributed by atoms with van der Waals surface area (Å²) in [6.07, 6.45) is 1.07. The van der Waals surface area contributed by atoms with E-state index in [9.17, 15) is 4.39 Å². The minimum atomic E-state index is -0.143. The summed E-state index contributed by atoms with van der Waals surface area (Å²) in [6.45, 7) is 12.8. The Kier molecular flexibility index (Phi) is 7.68. The third-order valence-corrected chi connectivity index (χ3v) is 3.85. The third kappa shape index (κ3) is 4.97. The molecule has 1 aliphatic heterocycles. The molecule has 1 aliphatic rings. The number of hydrogen-bond donors (Lipinski definition) is 1. The fourth-order valence-electron chi connectivity index (χ4n) is 2.62. The number of nitrogens with two attached hydrogens (primary N) is 1. The van der Waals surface area contributed by atoms with Gasteiger partial charge in [-0.1, -0.05) is 19.9 Å². The quantitative estimate of drug-likeness (QED) is 0.929. The van der Waals surface area contributed by atoms with Crippen LogP contribution in [0.4, 0.5) is 10.1 Å². The average Bonchev–Trinajstić information content (AvgIpc) is 2.76. The molecule has 4 heteroatoms. The van der Waals surface area contributed by atoms with E-state index in [0.717, 1.165) is 38.2 Å². The van der Waals surface area contributed by atoms with Gasteiger partial charge in [-0.15, -0.1) is 0 Å². The molecule has 0 radical (unpaired) electrons. The molecule has 2 N–H and O–H groups in total. The average molecular weight is 295 g/mol. The number of rotatable bonds is 3. The first-order valence-electron chi connectivity index (χ1n) is 8.09. The molecule has 120 valence electrons. The van der Waals surface area contributed by atoms with Crippen LogP contribution < -0.4 is 10.6 Å². The highest BCUT2D eigenvalue weighted by Crippen LogP contribution is 2.22. The fraction of sp³-hybridized carbons (Fsp3) is 0.647. The van der Waals surface area contributed by atoms with Crippen molar-refractivity contribution in [1.82, 2.24) is 4.90 Å². The Labute approximate surface area is 128 Å². The van der Waals surface area contributed by atoms with Crippen molar-refractivity contribution in [3.8, 4) is 0 Å². The summed E-state index contributed by atoms with van der Waals surface area (Å²) in [6, 6.07) is 5.74. The van der Waals surface area contributed by atoms with Crippen molar-refractivity contribution in [1.29, 1.82) is 0 Å². The first kappa shape index (κ1) is 17.9. The standard InChI is InChI=1S/C15H24FN3.C2H6/c1-12(2)18-6-3-7-19(9-8-18)15-10-13(11-17)4-5-14(15)16;1-2/h4-5,10,12H,3,6-9,11,17H2,1-2H3;1-2H3. The summed E-state index contributed by atoms with van der Waals surface area (Å²) >= 11 is 0. The Balaban J connectivity index is 0.00000106. The maximum atomic E-state index is 14.0. The van der Waals surface area contributed by atoms with Gasteiger partial charge in [-0.2, -0.15) is 0 Å².